The normalized spacial score (nSPS) is 19.5. The van der Waals surface area contributed by atoms with Crippen molar-refractivity contribution in [1.29, 1.82) is 0 Å². The second-order valence-corrected chi connectivity index (χ2v) is 4.96. The van der Waals surface area contributed by atoms with Crippen LogP contribution >= 0.6 is 15.9 Å². The zero-order chi connectivity index (χ0) is 11.1. The van der Waals surface area contributed by atoms with Crippen LogP contribution in [0.2, 0.25) is 0 Å². The maximum Gasteiger partial charge on any atom is 0.137 e. The van der Waals surface area contributed by atoms with E-state index in [0.717, 1.165) is 31.7 Å². The lowest BCUT2D eigenvalue weighted by Gasteiger charge is -2.24. The second-order valence-electron chi connectivity index (χ2n) is 4.11. The van der Waals surface area contributed by atoms with E-state index in [-0.39, 0.29) is 4.47 Å². The van der Waals surface area contributed by atoms with Crippen molar-refractivity contribution in [2.75, 3.05) is 0 Å². The molecule has 0 unspecified atom stereocenters. The lowest BCUT2D eigenvalue weighted by molar-refractivity contribution is 0.428. The van der Waals surface area contributed by atoms with Crippen LogP contribution in [0.3, 0.4) is 0 Å². The van der Waals surface area contributed by atoms with Crippen molar-refractivity contribution in [1.82, 2.24) is 0 Å². The van der Waals surface area contributed by atoms with Gasteiger partial charge in [-0.25, -0.2) is 8.78 Å². The van der Waals surface area contributed by atoms with Crippen molar-refractivity contribution in [3.05, 3.63) is 33.8 Å². The molecule has 4 heteroatoms. The number of benzene rings is 1. The first kappa shape index (κ1) is 11.0. The third-order valence-electron chi connectivity index (χ3n) is 3.04. The van der Waals surface area contributed by atoms with Gasteiger partial charge in [-0.15, -0.1) is 0 Å². The van der Waals surface area contributed by atoms with Gasteiger partial charge in [0, 0.05) is 11.1 Å². The minimum Gasteiger partial charge on any atom is -0.321 e. The fourth-order valence-corrected chi connectivity index (χ4v) is 2.49. The molecule has 1 saturated carbocycles. The molecule has 0 aliphatic heterocycles. The first-order valence-corrected chi connectivity index (χ1v) is 5.76. The SMILES string of the molecule is NC1(c2cc(F)c(Br)cc2F)CCCC1. The second kappa shape index (κ2) is 3.83. The van der Waals surface area contributed by atoms with E-state index in [1.807, 2.05) is 0 Å². The largest absolute Gasteiger partial charge is 0.321 e. The summed E-state index contributed by atoms with van der Waals surface area (Å²) in [6.45, 7) is 0. The van der Waals surface area contributed by atoms with Gasteiger partial charge in [0.05, 0.1) is 4.47 Å². The van der Waals surface area contributed by atoms with Gasteiger partial charge in [0.2, 0.25) is 0 Å². The number of hydrogen-bond acceptors (Lipinski definition) is 1. The molecule has 1 fully saturated rings. The van der Waals surface area contributed by atoms with Crippen LogP contribution in [0, 0.1) is 11.6 Å². The molecule has 0 atom stereocenters. The zero-order valence-corrected chi connectivity index (χ0v) is 9.78. The van der Waals surface area contributed by atoms with Gasteiger partial charge in [0.1, 0.15) is 11.6 Å². The highest BCUT2D eigenvalue weighted by atomic mass is 79.9. The molecule has 1 aromatic rings. The number of rotatable bonds is 1. The molecule has 1 nitrogen and oxygen atoms in total. The van der Waals surface area contributed by atoms with Crippen LogP contribution in [-0.2, 0) is 5.54 Å². The third kappa shape index (κ3) is 1.93. The summed E-state index contributed by atoms with van der Waals surface area (Å²) in [7, 11) is 0. The molecule has 1 aromatic carbocycles. The summed E-state index contributed by atoms with van der Waals surface area (Å²) in [5, 5.41) is 0. The summed E-state index contributed by atoms with van der Waals surface area (Å²) >= 11 is 2.95. The van der Waals surface area contributed by atoms with E-state index in [0.29, 0.717) is 5.56 Å². The molecular formula is C11H12BrF2N. The summed E-state index contributed by atoms with van der Waals surface area (Å²) in [4.78, 5) is 0. The minimum atomic E-state index is -0.675. The molecule has 82 valence electrons. The van der Waals surface area contributed by atoms with E-state index in [1.54, 1.807) is 0 Å². The monoisotopic (exact) mass is 275 g/mol. The van der Waals surface area contributed by atoms with Gasteiger partial charge in [-0.2, -0.15) is 0 Å². The highest BCUT2D eigenvalue weighted by Crippen LogP contribution is 2.38. The minimum absolute atomic E-state index is 0.144. The Morgan fingerprint density at radius 1 is 1.13 bits per heavy atom. The van der Waals surface area contributed by atoms with Crippen molar-refractivity contribution < 1.29 is 8.78 Å². The summed E-state index contributed by atoms with van der Waals surface area (Å²) in [6, 6.07) is 2.36. The van der Waals surface area contributed by atoms with Gasteiger partial charge in [-0.1, -0.05) is 12.8 Å². The average Bonchev–Trinajstić information content (AvgIpc) is 2.60. The van der Waals surface area contributed by atoms with Crippen molar-refractivity contribution in [2.45, 2.75) is 31.2 Å². The molecule has 1 aliphatic rings. The molecule has 0 heterocycles. The van der Waals surface area contributed by atoms with E-state index in [9.17, 15) is 8.78 Å². The molecule has 0 saturated heterocycles. The van der Waals surface area contributed by atoms with Crippen molar-refractivity contribution >= 4 is 15.9 Å². The van der Waals surface area contributed by atoms with Crippen LogP contribution in [0.1, 0.15) is 31.2 Å². The molecule has 2 rings (SSSR count). The van der Waals surface area contributed by atoms with Crippen molar-refractivity contribution in [3.8, 4) is 0 Å². The lowest BCUT2D eigenvalue weighted by atomic mass is 9.89. The smallest absolute Gasteiger partial charge is 0.137 e. The van der Waals surface area contributed by atoms with Crippen LogP contribution < -0.4 is 5.73 Å². The quantitative estimate of drug-likeness (QED) is 0.781. The van der Waals surface area contributed by atoms with Gasteiger partial charge in [-0.3, -0.25) is 0 Å². The Kier molecular flexibility index (Phi) is 2.81. The Morgan fingerprint density at radius 2 is 1.73 bits per heavy atom. The predicted octanol–water partition coefficient (Wildman–Crippen LogP) is 3.46. The molecule has 2 N–H and O–H groups in total. The highest BCUT2D eigenvalue weighted by molar-refractivity contribution is 9.10. The van der Waals surface area contributed by atoms with Crippen LogP contribution in [0.5, 0.6) is 0 Å². The van der Waals surface area contributed by atoms with E-state index in [4.69, 9.17) is 5.73 Å². The molecule has 0 spiro atoms. The molecule has 1 aliphatic carbocycles. The first-order valence-electron chi connectivity index (χ1n) is 4.97. The maximum absolute atomic E-state index is 13.7. The molecule has 0 aromatic heterocycles. The molecule has 0 amide bonds. The molecule has 0 bridgehead atoms. The third-order valence-corrected chi connectivity index (χ3v) is 3.65. The van der Waals surface area contributed by atoms with Crippen LogP contribution in [-0.4, -0.2) is 0 Å². The molecule has 0 radical (unpaired) electrons. The number of hydrogen-bond donors (Lipinski definition) is 1. The van der Waals surface area contributed by atoms with Gasteiger partial charge in [0.15, 0.2) is 0 Å². The molecular weight excluding hydrogens is 264 g/mol. The average molecular weight is 276 g/mol. The topological polar surface area (TPSA) is 26.0 Å². The molecule has 15 heavy (non-hydrogen) atoms. The summed E-state index contributed by atoms with van der Waals surface area (Å²) < 4.78 is 27.1. The van der Waals surface area contributed by atoms with Crippen molar-refractivity contribution in [3.63, 3.8) is 0 Å². The van der Waals surface area contributed by atoms with Gasteiger partial charge in [-0.05, 0) is 40.9 Å². The van der Waals surface area contributed by atoms with E-state index >= 15 is 0 Å². The maximum atomic E-state index is 13.7. The fourth-order valence-electron chi connectivity index (χ4n) is 2.18. The van der Waals surface area contributed by atoms with Gasteiger partial charge >= 0.3 is 0 Å². The lowest BCUT2D eigenvalue weighted by Crippen LogP contribution is -2.34. The number of halogens is 3. The zero-order valence-electron chi connectivity index (χ0n) is 8.19. The Balaban J connectivity index is 2.48. The van der Waals surface area contributed by atoms with Gasteiger partial charge < -0.3 is 5.73 Å². The van der Waals surface area contributed by atoms with Crippen LogP contribution in [0.4, 0.5) is 8.78 Å². The van der Waals surface area contributed by atoms with Crippen molar-refractivity contribution in [2.24, 2.45) is 5.73 Å². The standard InChI is InChI=1S/C11H12BrF2N/c12-8-6-9(13)7(5-10(8)14)11(15)3-1-2-4-11/h5-6H,1-4,15H2. The summed E-state index contributed by atoms with van der Waals surface area (Å²) in [6.07, 6.45) is 3.41. The van der Waals surface area contributed by atoms with E-state index in [1.165, 1.54) is 6.07 Å². The Bertz CT molecular complexity index is 386. The first-order chi connectivity index (χ1) is 7.03. The predicted molar refractivity (Wildman–Crippen MR) is 58.4 cm³/mol. The van der Waals surface area contributed by atoms with Crippen LogP contribution in [0.25, 0.3) is 0 Å². The Labute approximate surface area is 95.8 Å². The highest BCUT2D eigenvalue weighted by Gasteiger charge is 2.34. The number of nitrogens with two attached hydrogens (primary N) is 1. The summed E-state index contributed by atoms with van der Waals surface area (Å²) in [5.74, 6) is -0.879. The Morgan fingerprint density at radius 3 is 2.33 bits per heavy atom. The van der Waals surface area contributed by atoms with Gasteiger partial charge in [0.25, 0.3) is 0 Å². The fraction of sp³-hybridized carbons (Fsp3) is 0.455. The Hall–Kier alpha value is -0.480. The summed E-state index contributed by atoms with van der Waals surface area (Å²) in [5.41, 5.74) is 5.71. The van der Waals surface area contributed by atoms with E-state index in [2.05, 4.69) is 15.9 Å². The van der Waals surface area contributed by atoms with E-state index < -0.39 is 17.2 Å². The van der Waals surface area contributed by atoms with Crippen LogP contribution in [0.15, 0.2) is 16.6 Å².